The third kappa shape index (κ3) is 2.92. The van der Waals surface area contributed by atoms with Gasteiger partial charge >= 0.3 is 0 Å². The Kier molecular flexibility index (Phi) is 3.93. The highest BCUT2D eigenvalue weighted by atomic mass is 32.1. The van der Waals surface area contributed by atoms with Gasteiger partial charge in [-0.15, -0.1) is 11.3 Å². The third-order valence-electron chi connectivity index (χ3n) is 4.83. The van der Waals surface area contributed by atoms with E-state index in [0.717, 1.165) is 30.7 Å². The van der Waals surface area contributed by atoms with E-state index in [4.69, 9.17) is 4.52 Å². The molecule has 2 aromatic rings. The summed E-state index contributed by atoms with van der Waals surface area (Å²) in [7, 11) is 0. The van der Waals surface area contributed by atoms with E-state index in [9.17, 15) is 4.79 Å². The largest absolute Gasteiger partial charge is 0.339 e. The fourth-order valence-corrected chi connectivity index (χ4v) is 4.78. The minimum absolute atomic E-state index is 0.168. The summed E-state index contributed by atoms with van der Waals surface area (Å²) in [5.41, 5.74) is 1.40. The van der Waals surface area contributed by atoms with E-state index in [1.54, 1.807) is 11.3 Å². The zero-order chi connectivity index (χ0) is 15.8. The first kappa shape index (κ1) is 14.9. The standard InChI is InChI=1S/C17H21N3O2S/c1-11-18-16(22-19-11)13-7-8-20(10-13)17(21)15-9-12-5-3-2-4-6-14(12)23-15/h9,13H,2-8,10H2,1H3. The molecule has 1 saturated heterocycles. The molecule has 1 atom stereocenters. The number of hydrogen-bond donors (Lipinski definition) is 0. The normalized spacial score (nSPS) is 21.3. The van der Waals surface area contributed by atoms with Gasteiger partial charge in [-0.1, -0.05) is 11.6 Å². The van der Waals surface area contributed by atoms with Crippen molar-refractivity contribution in [2.45, 2.75) is 51.4 Å². The fourth-order valence-electron chi connectivity index (χ4n) is 3.55. The summed E-state index contributed by atoms with van der Waals surface area (Å²) >= 11 is 1.70. The van der Waals surface area contributed by atoms with Crippen LogP contribution in [0.3, 0.4) is 0 Å². The number of likely N-dealkylation sites (tertiary alicyclic amines) is 1. The lowest BCUT2D eigenvalue weighted by atomic mass is 10.1. The first-order chi connectivity index (χ1) is 11.2. The Morgan fingerprint density at radius 1 is 1.35 bits per heavy atom. The maximum Gasteiger partial charge on any atom is 0.263 e. The van der Waals surface area contributed by atoms with Crippen LogP contribution in [0.25, 0.3) is 0 Å². The molecule has 2 aliphatic rings. The van der Waals surface area contributed by atoms with Crippen molar-refractivity contribution in [2.75, 3.05) is 13.1 Å². The van der Waals surface area contributed by atoms with Crippen LogP contribution in [0.4, 0.5) is 0 Å². The molecule has 0 aromatic carbocycles. The van der Waals surface area contributed by atoms with Crippen LogP contribution >= 0.6 is 11.3 Å². The van der Waals surface area contributed by atoms with Crippen molar-refractivity contribution < 1.29 is 9.32 Å². The van der Waals surface area contributed by atoms with E-state index >= 15 is 0 Å². The summed E-state index contributed by atoms with van der Waals surface area (Å²) in [5, 5.41) is 3.85. The van der Waals surface area contributed by atoms with E-state index in [0.29, 0.717) is 18.3 Å². The number of carbonyl (C=O) groups is 1. The molecule has 23 heavy (non-hydrogen) atoms. The van der Waals surface area contributed by atoms with Crippen LogP contribution in [-0.2, 0) is 12.8 Å². The number of nitrogens with zero attached hydrogens (tertiary/aromatic N) is 3. The molecule has 5 nitrogen and oxygen atoms in total. The van der Waals surface area contributed by atoms with Gasteiger partial charge in [0.25, 0.3) is 5.91 Å². The Morgan fingerprint density at radius 2 is 2.22 bits per heavy atom. The molecule has 0 saturated carbocycles. The van der Waals surface area contributed by atoms with Gasteiger partial charge in [-0.2, -0.15) is 4.98 Å². The fraction of sp³-hybridized carbons (Fsp3) is 0.588. The lowest BCUT2D eigenvalue weighted by Crippen LogP contribution is -2.27. The van der Waals surface area contributed by atoms with Gasteiger partial charge in [0.1, 0.15) is 0 Å². The lowest BCUT2D eigenvalue weighted by molar-refractivity contribution is 0.0794. The minimum atomic E-state index is 0.168. The van der Waals surface area contributed by atoms with Crippen LogP contribution in [0.2, 0.25) is 0 Å². The monoisotopic (exact) mass is 331 g/mol. The summed E-state index contributed by atoms with van der Waals surface area (Å²) in [5.74, 6) is 1.67. The molecule has 0 bridgehead atoms. The second-order valence-electron chi connectivity index (χ2n) is 6.54. The zero-order valence-corrected chi connectivity index (χ0v) is 14.2. The minimum Gasteiger partial charge on any atom is -0.339 e. The van der Waals surface area contributed by atoms with Crippen LogP contribution in [0.15, 0.2) is 10.6 Å². The molecule has 4 rings (SSSR count). The number of hydrogen-bond acceptors (Lipinski definition) is 5. The predicted octanol–water partition coefficient (Wildman–Crippen LogP) is 3.34. The number of amides is 1. The first-order valence-corrected chi connectivity index (χ1v) is 9.23. The molecule has 1 amide bonds. The second kappa shape index (κ2) is 6.07. The summed E-state index contributed by atoms with van der Waals surface area (Å²) in [6.07, 6.45) is 6.98. The molecule has 0 spiro atoms. The van der Waals surface area contributed by atoms with Crippen molar-refractivity contribution in [1.82, 2.24) is 15.0 Å². The van der Waals surface area contributed by atoms with E-state index in [1.807, 2.05) is 11.8 Å². The average Bonchev–Trinajstić information content (AvgIpc) is 3.24. The van der Waals surface area contributed by atoms with Crippen LogP contribution in [0.1, 0.15) is 63.4 Å². The van der Waals surface area contributed by atoms with Crippen molar-refractivity contribution >= 4 is 17.2 Å². The van der Waals surface area contributed by atoms with Crippen molar-refractivity contribution in [1.29, 1.82) is 0 Å². The van der Waals surface area contributed by atoms with Crippen LogP contribution < -0.4 is 0 Å². The Bertz CT molecular complexity index is 698. The number of fused-ring (bicyclic) bond motifs is 1. The van der Waals surface area contributed by atoms with Gasteiger partial charge in [0, 0.05) is 18.0 Å². The molecule has 122 valence electrons. The summed E-state index contributed by atoms with van der Waals surface area (Å²) < 4.78 is 5.27. The zero-order valence-electron chi connectivity index (χ0n) is 13.4. The van der Waals surface area contributed by atoms with Crippen molar-refractivity contribution in [3.8, 4) is 0 Å². The van der Waals surface area contributed by atoms with Gasteiger partial charge in [-0.25, -0.2) is 0 Å². The molecular weight excluding hydrogens is 310 g/mol. The molecule has 3 heterocycles. The van der Waals surface area contributed by atoms with E-state index < -0.39 is 0 Å². The number of carbonyl (C=O) groups excluding carboxylic acids is 1. The molecule has 1 aliphatic heterocycles. The lowest BCUT2D eigenvalue weighted by Gasteiger charge is -2.14. The third-order valence-corrected chi connectivity index (χ3v) is 6.05. The maximum atomic E-state index is 12.8. The highest BCUT2D eigenvalue weighted by Gasteiger charge is 2.32. The molecule has 1 unspecified atom stereocenters. The quantitative estimate of drug-likeness (QED) is 0.792. The van der Waals surface area contributed by atoms with E-state index in [1.165, 1.54) is 29.7 Å². The van der Waals surface area contributed by atoms with Crippen molar-refractivity contribution in [3.05, 3.63) is 33.1 Å². The van der Waals surface area contributed by atoms with Gasteiger partial charge < -0.3 is 9.42 Å². The van der Waals surface area contributed by atoms with Crippen molar-refractivity contribution in [2.24, 2.45) is 0 Å². The molecule has 1 fully saturated rings. The predicted molar refractivity (Wildman–Crippen MR) is 87.9 cm³/mol. The smallest absolute Gasteiger partial charge is 0.263 e. The molecule has 1 aliphatic carbocycles. The number of aryl methyl sites for hydroxylation is 3. The van der Waals surface area contributed by atoms with Crippen molar-refractivity contribution in [3.63, 3.8) is 0 Å². The first-order valence-electron chi connectivity index (χ1n) is 8.42. The number of thiophene rings is 1. The summed E-state index contributed by atoms with van der Waals surface area (Å²) in [6.45, 7) is 3.28. The van der Waals surface area contributed by atoms with Gasteiger partial charge in [0.2, 0.25) is 5.89 Å². The topological polar surface area (TPSA) is 59.2 Å². The Hall–Kier alpha value is -1.69. The molecular formula is C17H21N3O2S. The highest BCUT2D eigenvalue weighted by Crippen LogP contribution is 2.32. The van der Waals surface area contributed by atoms with Gasteiger partial charge in [-0.3, -0.25) is 4.79 Å². The van der Waals surface area contributed by atoms with E-state index in [-0.39, 0.29) is 11.8 Å². The van der Waals surface area contributed by atoms with Gasteiger partial charge in [0.15, 0.2) is 5.82 Å². The molecule has 6 heteroatoms. The van der Waals surface area contributed by atoms with Gasteiger partial charge in [0.05, 0.1) is 10.8 Å². The summed E-state index contributed by atoms with van der Waals surface area (Å²) in [6, 6.07) is 2.14. The SMILES string of the molecule is Cc1noc(C2CCN(C(=O)c3cc4c(s3)CCCCC4)C2)n1. The Morgan fingerprint density at radius 3 is 3.04 bits per heavy atom. The van der Waals surface area contributed by atoms with E-state index in [2.05, 4.69) is 16.2 Å². The highest BCUT2D eigenvalue weighted by molar-refractivity contribution is 7.14. The second-order valence-corrected chi connectivity index (χ2v) is 7.67. The van der Waals surface area contributed by atoms with Gasteiger partial charge in [-0.05, 0) is 50.7 Å². The van der Waals surface area contributed by atoms with Crippen LogP contribution in [0, 0.1) is 6.92 Å². The Labute approximate surface area is 139 Å². The van der Waals surface area contributed by atoms with Crippen LogP contribution in [-0.4, -0.2) is 34.0 Å². The van der Waals surface area contributed by atoms with Crippen LogP contribution in [0.5, 0.6) is 0 Å². The Balaban J connectivity index is 1.47. The molecule has 0 radical (unpaired) electrons. The molecule has 0 N–H and O–H groups in total. The summed E-state index contributed by atoms with van der Waals surface area (Å²) in [4.78, 5) is 21.4. The molecule has 2 aromatic heterocycles. The maximum absolute atomic E-state index is 12.8. The number of rotatable bonds is 2. The number of aromatic nitrogens is 2. The average molecular weight is 331 g/mol.